The number of hydrogen-bond acceptors (Lipinski definition) is 3. The molecule has 0 bridgehead atoms. The van der Waals surface area contributed by atoms with E-state index in [9.17, 15) is 0 Å². The van der Waals surface area contributed by atoms with Crippen LogP contribution >= 0.6 is 11.6 Å². The molecule has 0 aromatic carbocycles. The van der Waals surface area contributed by atoms with Crippen molar-refractivity contribution in [1.29, 1.82) is 0 Å². The van der Waals surface area contributed by atoms with Crippen molar-refractivity contribution in [2.75, 3.05) is 6.61 Å². The Morgan fingerprint density at radius 1 is 1.40 bits per heavy atom. The molecule has 1 rings (SSSR count). The standard InChI is InChI=1S/C16H27ClN2O/c1-6-7-12(2)11-20-15-8-13(14(17)10-18-15)9-19-16(3,4)5/h8,10,12,19H,6-7,9,11H2,1-5H3. The summed E-state index contributed by atoms with van der Waals surface area (Å²) < 4.78 is 5.75. The molecule has 114 valence electrons. The molecule has 0 fully saturated rings. The molecule has 4 heteroatoms. The number of aromatic nitrogens is 1. The maximum Gasteiger partial charge on any atom is 0.213 e. The molecule has 0 aliphatic heterocycles. The molecular formula is C16H27ClN2O. The molecule has 3 nitrogen and oxygen atoms in total. The number of ether oxygens (including phenoxy) is 1. The van der Waals surface area contributed by atoms with Gasteiger partial charge in [-0.05, 0) is 38.7 Å². The number of nitrogens with one attached hydrogen (secondary N) is 1. The van der Waals surface area contributed by atoms with Gasteiger partial charge in [-0.1, -0.05) is 31.9 Å². The van der Waals surface area contributed by atoms with Crippen molar-refractivity contribution in [3.8, 4) is 5.88 Å². The molecule has 1 aromatic heterocycles. The number of pyridine rings is 1. The topological polar surface area (TPSA) is 34.1 Å². The quantitative estimate of drug-likeness (QED) is 0.808. The first-order valence-electron chi connectivity index (χ1n) is 7.34. The molecule has 1 N–H and O–H groups in total. The van der Waals surface area contributed by atoms with Crippen LogP contribution in [0.3, 0.4) is 0 Å². The second kappa shape index (κ2) is 7.84. The summed E-state index contributed by atoms with van der Waals surface area (Å²) in [7, 11) is 0. The number of halogens is 1. The molecule has 0 aliphatic rings. The van der Waals surface area contributed by atoms with E-state index in [-0.39, 0.29) is 5.54 Å². The zero-order chi connectivity index (χ0) is 15.2. The fourth-order valence-corrected chi connectivity index (χ4v) is 2.01. The first kappa shape index (κ1) is 17.3. The average molecular weight is 299 g/mol. The molecule has 0 saturated heterocycles. The SMILES string of the molecule is CCCC(C)COc1cc(CNC(C)(C)C)c(Cl)cn1. The van der Waals surface area contributed by atoms with Gasteiger partial charge in [-0.2, -0.15) is 0 Å². The van der Waals surface area contributed by atoms with Crippen LogP contribution in [0.2, 0.25) is 5.02 Å². The number of rotatable bonds is 7. The maximum atomic E-state index is 6.18. The Balaban J connectivity index is 2.61. The van der Waals surface area contributed by atoms with E-state index in [1.165, 1.54) is 12.8 Å². The van der Waals surface area contributed by atoms with Gasteiger partial charge in [0.2, 0.25) is 5.88 Å². The van der Waals surface area contributed by atoms with Crippen LogP contribution in [0.25, 0.3) is 0 Å². The van der Waals surface area contributed by atoms with Crippen molar-refractivity contribution < 1.29 is 4.74 Å². The van der Waals surface area contributed by atoms with Crippen LogP contribution in [-0.2, 0) is 6.54 Å². The minimum atomic E-state index is 0.0588. The predicted octanol–water partition coefficient (Wildman–Crippen LogP) is 4.44. The molecule has 1 aromatic rings. The van der Waals surface area contributed by atoms with Gasteiger partial charge in [-0.25, -0.2) is 4.98 Å². The van der Waals surface area contributed by atoms with Gasteiger partial charge in [0, 0.05) is 24.3 Å². The fourth-order valence-electron chi connectivity index (χ4n) is 1.84. The monoisotopic (exact) mass is 298 g/mol. The lowest BCUT2D eigenvalue weighted by molar-refractivity contribution is 0.242. The van der Waals surface area contributed by atoms with Gasteiger partial charge in [-0.3, -0.25) is 0 Å². The third kappa shape index (κ3) is 6.58. The van der Waals surface area contributed by atoms with Crippen LogP contribution < -0.4 is 10.1 Å². The minimum Gasteiger partial charge on any atom is -0.477 e. The van der Waals surface area contributed by atoms with Gasteiger partial charge in [0.15, 0.2) is 0 Å². The summed E-state index contributed by atoms with van der Waals surface area (Å²) in [5, 5.41) is 4.10. The molecule has 0 radical (unpaired) electrons. The van der Waals surface area contributed by atoms with E-state index in [0.717, 1.165) is 5.56 Å². The zero-order valence-electron chi connectivity index (χ0n) is 13.3. The summed E-state index contributed by atoms with van der Waals surface area (Å²) in [5.74, 6) is 1.21. The largest absolute Gasteiger partial charge is 0.477 e. The Labute approximate surface area is 128 Å². The molecule has 1 atom stereocenters. The first-order chi connectivity index (χ1) is 9.31. The van der Waals surface area contributed by atoms with Crippen LogP contribution in [0.1, 0.15) is 53.0 Å². The second-order valence-corrected chi connectivity index (χ2v) is 6.83. The van der Waals surface area contributed by atoms with Gasteiger partial charge < -0.3 is 10.1 Å². The van der Waals surface area contributed by atoms with E-state index in [1.807, 2.05) is 6.07 Å². The van der Waals surface area contributed by atoms with Crippen LogP contribution in [0.4, 0.5) is 0 Å². The molecule has 0 aliphatic carbocycles. The van der Waals surface area contributed by atoms with E-state index >= 15 is 0 Å². The molecular weight excluding hydrogens is 272 g/mol. The van der Waals surface area contributed by atoms with Gasteiger partial charge >= 0.3 is 0 Å². The van der Waals surface area contributed by atoms with Crippen molar-refractivity contribution >= 4 is 11.6 Å². The van der Waals surface area contributed by atoms with E-state index in [0.29, 0.717) is 30.0 Å². The molecule has 20 heavy (non-hydrogen) atoms. The van der Waals surface area contributed by atoms with Crippen molar-refractivity contribution in [3.05, 3.63) is 22.8 Å². The Bertz CT molecular complexity index is 415. The van der Waals surface area contributed by atoms with Crippen molar-refractivity contribution in [2.24, 2.45) is 5.92 Å². The van der Waals surface area contributed by atoms with Crippen molar-refractivity contribution in [2.45, 2.75) is 59.5 Å². The van der Waals surface area contributed by atoms with E-state index in [2.05, 4.69) is 44.9 Å². The van der Waals surface area contributed by atoms with Gasteiger partial charge in [0.25, 0.3) is 0 Å². The van der Waals surface area contributed by atoms with Crippen molar-refractivity contribution in [3.63, 3.8) is 0 Å². The third-order valence-corrected chi connectivity index (χ3v) is 3.36. The van der Waals surface area contributed by atoms with Crippen molar-refractivity contribution in [1.82, 2.24) is 10.3 Å². The molecule has 1 unspecified atom stereocenters. The highest BCUT2D eigenvalue weighted by molar-refractivity contribution is 6.31. The Hall–Kier alpha value is -0.800. The summed E-state index contributed by atoms with van der Waals surface area (Å²) >= 11 is 6.18. The lowest BCUT2D eigenvalue weighted by atomic mass is 10.1. The van der Waals surface area contributed by atoms with E-state index in [1.54, 1.807) is 6.20 Å². The highest BCUT2D eigenvalue weighted by atomic mass is 35.5. The minimum absolute atomic E-state index is 0.0588. The van der Waals surface area contributed by atoms with Gasteiger partial charge in [0.1, 0.15) is 0 Å². The smallest absolute Gasteiger partial charge is 0.213 e. The normalized spacial score (nSPS) is 13.3. The first-order valence-corrected chi connectivity index (χ1v) is 7.72. The maximum absolute atomic E-state index is 6.18. The summed E-state index contributed by atoms with van der Waals surface area (Å²) in [5.41, 5.74) is 1.08. The Morgan fingerprint density at radius 2 is 2.10 bits per heavy atom. The van der Waals surface area contributed by atoms with Crippen LogP contribution in [0.15, 0.2) is 12.3 Å². The summed E-state index contributed by atoms with van der Waals surface area (Å²) in [6.45, 7) is 12.2. The summed E-state index contributed by atoms with van der Waals surface area (Å²) in [6.07, 6.45) is 4.02. The Kier molecular flexibility index (Phi) is 6.77. The fraction of sp³-hybridized carbons (Fsp3) is 0.688. The molecule has 0 amide bonds. The summed E-state index contributed by atoms with van der Waals surface area (Å²) in [6, 6.07) is 1.93. The Morgan fingerprint density at radius 3 is 2.70 bits per heavy atom. The number of hydrogen-bond donors (Lipinski definition) is 1. The highest BCUT2D eigenvalue weighted by Gasteiger charge is 2.11. The molecule has 0 saturated carbocycles. The number of nitrogens with zero attached hydrogens (tertiary/aromatic N) is 1. The summed E-state index contributed by atoms with van der Waals surface area (Å²) in [4.78, 5) is 4.23. The van der Waals surface area contributed by atoms with Crippen LogP contribution in [0, 0.1) is 5.92 Å². The van der Waals surface area contributed by atoms with Crippen LogP contribution in [0.5, 0.6) is 5.88 Å². The van der Waals surface area contributed by atoms with Gasteiger partial charge in [-0.15, -0.1) is 0 Å². The molecule has 0 spiro atoms. The van der Waals surface area contributed by atoms with Crippen LogP contribution in [-0.4, -0.2) is 17.1 Å². The second-order valence-electron chi connectivity index (χ2n) is 6.42. The highest BCUT2D eigenvalue weighted by Crippen LogP contribution is 2.20. The lowest BCUT2D eigenvalue weighted by Crippen LogP contribution is -2.35. The van der Waals surface area contributed by atoms with Gasteiger partial charge in [0.05, 0.1) is 11.6 Å². The third-order valence-electron chi connectivity index (χ3n) is 3.02. The van der Waals surface area contributed by atoms with E-state index in [4.69, 9.17) is 16.3 Å². The van der Waals surface area contributed by atoms with E-state index < -0.39 is 0 Å². The molecule has 1 heterocycles. The zero-order valence-corrected chi connectivity index (χ0v) is 14.0. The lowest BCUT2D eigenvalue weighted by Gasteiger charge is -2.21. The predicted molar refractivity (Wildman–Crippen MR) is 85.4 cm³/mol. The average Bonchev–Trinajstić information content (AvgIpc) is 2.35.